The van der Waals surface area contributed by atoms with Crippen LogP contribution in [0, 0.1) is 13.8 Å². The van der Waals surface area contributed by atoms with Gasteiger partial charge in [0.2, 0.25) is 0 Å². The van der Waals surface area contributed by atoms with Crippen molar-refractivity contribution in [3.05, 3.63) is 35.2 Å². The number of aryl methyl sites for hydroxylation is 2. The van der Waals surface area contributed by atoms with Gasteiger partial charge in [-0.25, -0.2) is 0 Å². The molecular weight excluding hydrogens is 234 g/mol. The van der Waals surface area contributed by atoms with Gasteiger partial charge in [0.1, 0.15) is 0 Å². The van der Waals surface area contributed by atoms with E-state index in [1.54, 1.807) is 25.1 Å². The zero-order valence-electron chi connectivity index (χ0n) is 10.0. The molecule has 18 heavy (non-hydrogen) atoms. The molecule has 0 saturated heterocycles. The quantitative estimate of drug-likeness (QED) is 0.556. The summed E-state index contributed by atoms with van der Waals surface area (Å²) in [6.45, 7) is 3.49. The minimum Gasteiger partial charge on any atom is -0.324 e. The summed E-state index contributed by atoms with van der Waals surface area (Å²) in [6.07, 6.45) is 0. The lowest BCUT2D eigenvalue weighted by atomic mass is 10.1. The molecule has 0 aliphatic heterocycles. The Bertz CT molecular complexity index is 579. The van der Waals surface area contributed by atoms with Gasteiger partial charge in [-0.2, -0.15) is 4.98 Å². The van der Waals surface area contributed by atoms with E-state index in [0.717, 1.165) is 11.3 Å². The first-order valence-electron chi connectivity index (χ1n) is 5.29. The Balaban J connectivity index is 2.18. The van der Waals surface area contributed by atoms with Crippen molar-refractivity contribution >= 4 is 17.6 Å². The molecule has 0 spiro atoms. The number of aromatic nitrogens is 2. The predicted octanol–water partition coefficient (Wildman–Crippen LogP) is 1.22. The van der Waals surface area contributed by atoms with E-state index in [1.807, 2.05) is 6.92 Å². The van der Waals surface area contributed by atoms with Crippen molar-refractivity contribution in [1.82, 2.24) is 10.1 Å². The lowest BCUT2D eigenvalue weighted by molar-refractivity contribution is 0.102. The Kier molecular flexibility index (Phi) is 3.24. The average molecular weight is 247 g/mol. The molecular formula is C11H13N5O2. The van der Waals surface area contributed by atoms with Gasteiger partial charge in [0, 0.05) is 11.3 Å². The zero-order chi connectivity index (χ0) is 13.1. The highest BCUT2D eigenvalue weighted by Gasteiger charge is 2.12. The van der Waals surface area contributed by atoms with Gasteiger partial charge in [0.05, 0.1) is 0 Å². The van der Waals surface area contributed by atoms with Gasteiger partial charge >= 0.3 is 6.01 Å². The maximum absolute atomic E-state index is 12.0. The average Bonchev–Trinajstić information content (AvgIpc) is 2.74. The van der Waals surface area contributed by atoms with Gasteiger partial charge in [0.25, 0.3) is 5.91 Å². The number of hydrazine groups is 1. The molecule has 0 aliphatic carbocycles. The molecule has 7 heteroatoms. The monoisotopic (exact) mass is 247 g/mol. The highest BCUT2D eigenvalue weighted by Crippen LogP contribution is 2.15. The summed E-state index contributed by atoms with van der Waals surface area (Å²) in [5.41, 5.74) is 4.56. The second kappa shape index (κ2) is 4.84. The fourth-order valence-corrected chi connectivity index (χ4v) is 1.52. The van der Waals surface area contributed by atoms with Crippen LogP contribution in [0.25, 0.3) is 0 Å². The van der Waals surface area contributed by atoms with E-state index in [-0.39, 0.29) is 11.9 Å². The second-order valence-corrected chi connectivity index (χ2v) is 3.77. The fourth-order valence-electron chi connectivity index (χ4n) is 1.52. The molecule has 0 aliphatic rings. The number of nitrogens with one attached hydrogen (secondary N) is 2. The van der Waals surface area contributed by atoms with Gasteiger partial charge in [-0.1, -0.05) is 5.16 Å². The Morgan fingerprint density at radius 1 is 1.39 bits per heavy atom. The van der Waals surface area contributed by atoms with Crippen molar-refractivity contribution in [2.45, 2.75) is 13.8 Å². The molecule has 0 radical (unpaired) electrons. The minimum absolute atomic E-state index is 0.0814. The lowest BCUT2D eigenvalue weighted by Gasteiger charge is -2.06. The largest absolute Gasteiger partial charge is 0.328 e. The third-order valence-electron chi connectivity index (χ3n) is 2.39. The SMILES string of the molecule is Cc1noc(NC(=O)c2ccc(NN)cc2C)n1. The van der Waals surface area contributed by atoms with Crippen molar-refractivity contribution in [1.29, 1.82) is 0 Å². The van der Waals surface area contributed by atoms with Crippen LogP contribution in [-0.4, -0.2) is 16.0 Å². The number of amides is 1. The Hall–Kier alpha value is -2.41. The highest BCUT2D eigenvalue weighted by atomic mass is 16.5. The van der Waals surface area contributed by atoms with E-state index < -0.39 is 0 Å². The van der Waals surface area contributed by atoms with Crippen LogP contribution in [0.2, 0.25) is 0 Å². The number of rotatable bonds is 3. The summed E-state index contributed by atoms with van der Waals surface area (Å²) in [6, 6.07) is 5.23. The predicted molar refractivity (Wildman–Crippen MR) is 66.0 cm³/mol. The number of carbonyl (C=O) groups is 1. The van der Waals surface area contributed by atoms with Gasteiger partial charge in [-0.3, -0.25) is 16.0 Å². The molecule has 2 aromatic rings. The summed E-state index contributed by atoms with van der Waals surface area (Å²) >= 11 is 0. The Labute approximate surface area is 103 Å². The zero-order valence-corrected chi connectivity index (χ0v) is 10.0. The maximum Gasteiger partial charge on any atom is 0.328 e. The normalized spacial score (nSPS) is 10.2. The van der Waals surface area contributed by atoms with Crippen molar-refractivity contribution < 1.29 is 9.32 Å². The number of anilines is 2. The topological polar surface area (TPSA) is 106 Å². The molecule has 0 bridgehead atoms. The van der Waals surface area contributed by atoms with Crippen molar-refractivity contribution in [2.24, 2.45) is 5.84 Å². The summed E-state index contributed by atoms with van der Waals surface area (Å²) in [5, 5.41) is 6.11. The van der Waals surface area contributed by atoms with Crippen molar-refractivity contribution in [2.75, 3.05) is 10.7 Å². The van der Waals surface area contributed by atoms with Crippen LogP contribution in [0.4, 0.5) is 11.7 Å². The highest BCUT2D eigenvalue weighted by molar-refractivity contribution is 6.04. The number of carbonyl (C=O) groups excluding carboxylic acids is 1. The molecule has 1 aromatic carbocycles. The molecule has 0 unspecified atom stereocenters. The smallest absolute Gasteiger partial charge is 0.324 e. The van der Waals surface area contributed by atoms with Gasteiger partial charge in [-0.05, 0) is 37.6 Å². The van der Waals surface area contributed by atoms with Crippen molar-refractivity contribution in [3.63, 3.8) is 0 Å². The van der Waals surface area contributed by atoms with E-state index in [9.17, 15) is 4.79 Å². The second-order valence-electron chi connectivity index (χ2n) is 3.77. The number of nitrogens with zero attached hydrogens (tertiary/aromatic N) is 2. The summed E-state index contributed by atoms with van der Waals surface area (Å²) in [4.78, 5) is 15.9. The minimum atomic E-state index is -0.306. The van der Waals surface area contributed by atoms with E-state index in [2.05, 4.69) is 20.9 Å². The molecule has 1 amide bonds. The van der Waals surface area contributed by atoms with Gasteiger partial charge in [-0.15, -0.1) is 0 Å². The fraction of sp³-hybridized carbons (Fsp3) is 0.182. The van der Waals surface area contributed by atoms with E-state index in [0.29, 0.717) is 11.4 Å². The maximum atomic E-state index is 12.0. The molecule has 0 atom stereocenters. The molecule has 94 valence electrons. The summed E-state index contributed by atoms with van der Waals surface area (Å²) < 4.78 is 4.82. The first-order chi connectivity index (χ1) is 8.60. The standard InChI is InChI=1S/C11H13N5O2/c1-6-5-8(15-12)3-4-9(6)10(17)14-11-13-7(2)16-18-11/h3-5,15H,12H2,1-2H3,(H,13,14,16,17). The van der Waals surface area contributed by atoms with Gasteiger partial charge in [0.15, 0.2) is 5.82 Å². The van der Waals surface area contributed by atoms with Crippen molar-refractivity contribution in [3.8, 4) is 0 Å². The van der Waals surface area contributed by atoms with Crippen LogP contribution < -0.4 is 16.6 Å². The Morgan fingerprint density at radius 2 is 2.17 bits per heavy atom. The molecule has 1 heterocycles. The first-order valence-corrected chi connectivity index (χ1v) is 5.29. The van der Waals surface area contributed by atoms with E-state index >= 15 is 0 Å². The molecule has 1 aromatic heterocycles. The third kappa shape index (κ3) is 2.46. The van der Waals surface area contributed by atoms with Crippen LogP contribution in [0.1, 0.15) is 21.7 Å². The summed E-state index contributed by atoms with van der Waals surface area (Å²) in [7, 11) is 0. The molecule has 0 saturated carbocycles. The van der Waals surface area contributed by atoms with Crippen LogP contribution >= 0.6 is 0 Å². The van der Waals surface area contributed by atoms with E-state index in [4.69, 9.17) is 10.4 Å². The first kappa shape index (κ1) is 12.1. The number of nitrogen functional groups attached to an aromatic ring is 1. The summed E-state index contributed by atoms with van der Waals surface area (Å²) in [5.74, 6) is 5.44. The molecule has 2 rings (SSSR count). The number of hydrogen-bond donors (Lipinski definition) is 3. The number of nitrogens with two attached hydrogens (primary N) is 1. The molecule has 7 nitrogen and oxygen atoms in total. The molecule has 4 N–H and O–H groups in total. The van der Waals surface area contributed by atoms with Crippen LogP contribution in [0.3, 0.4) is 0 Å². The van der Waals surface area contributed by atoms with Crippen LogP contribution in [0.15, 0.2) is 22.7 Å². The number of hydrogen-bond acceptors (Lipinski definition) is 6. The number of benzene rings is 1. The van der Waals surface area contributed by atoms with Gasteiger partial charge < -0.3 is 9.95 Å². The van der Waals surface area contributed by atoms with Crippen LogP contribution in [0.5, 0.6) is 0 Å². The van der Waals surface area contributed by atoms with E-state index in [1.165, 1.54) is 0 Å². The lowest BCUT2D eigenvalue weighted by Crippen LogP contribution is -2.14. The van der Waals surface area contributed by atoms with Crippen LogP contribution in [-0.2, 0) is 0 Å². The Morgan fingerprint density at radius 3 is 2.72 bits per heavy atom. The molecule has 0 fully saturated rings. The third-order valence-corrected chi connectivity index (χ3v) is 2.39.